The molecule has 0 fully saturated rings. The van der Waals surface area contributed by atoms with E-state index < -0.39 is 5.41 Å². The molecule has 0 aromatic heterocycles. The van der Waals surface area contributed by atoms with Crippen molar-refractivity contribution in [1.82, 2.24) is 5.32 Å². The molecule has 230 valence electrons. The van der Waals surface area contributed by atoms with E-state index >= 15 is 0 Å². The zero-order valence-corrected chi connectivity index (χ0v) is 28.2. The third kappa shape index (κ3) is 17.3. The normalized spacial score (nSPS) is 12.1. The summed E-state index contributed by atoms with van der Waals surface area (Å²) in [5.74, 6) is 1.10. The summed E-state index contributed by atoms with van der Waals surface area (Å²) in [6.07, 6.45) is 7.10. The van der Waals surface area contributed by atoms with Gasteiger partial charge < -0.3 is 10.1 Å². The van der Waals surface area contributed by atoms with Crippen molar-refractivity contribution in [2.45, 2.75) is 127 Å². The molecule has 0 saturated heterocycles. The second kappa shape index (κ2) is 24.1. The number of carbonyl (C=O) groups is 2. The number of carbonyl (C=O) groups excluding carboxylic acids is 2. The summed E-state index contributed by atoms with van der Waals surface area (Å²) in [6.45, 7) is 19.9. The Morgan fingerprint density at radius 1 is 0.825 bits per heavy atom. The largest absolute Gasteiger partial charge is 0.349 e. The average Bonchev–Trinajstić information content (AvgIpc) is 2.87. The third-order valence-electron chi connectivity index (χ3n) is 6.09. The van der Waals surface area contributed by atoms with Crippen molar-refractivity contribution in [3.05, 3.63) is 68.7 Å². The van der Waals surface area contributed by atoms with Crippen molar-refractivity contribution in [3.63, 3.8) is 0 Å². The molecule has 40 heavy (non-hydrogen) atoms. The highest BCUT2D eigenvalue weighted by Gasteiger charge is 2.35. The molecule has 2 aromatic rings. The van der Waals surface area contributed by atoms with Crippen LogP contribution in [-0.4, -0.2) is 11.7 Å². The molecule has 1 amide bonds. The van der Waals surface area contributed by atoms with E-state index in [1.807, 2.05) is 58.0 Å². The van der Waals surface area contributed by atoms with Crippen LogP contribution in [0.15, 0.2) is 42.5 Å². The van der Waals surface area contributed by atoms with E-state index in [0.717, 1.165) is 23.5 Å². The van der Waals surface area contributed by atoms with Gasteiger partial charge in [0.2, 0.25) is 5.91 Å². The molecule has 2 aromatic carbocycles. The van der Waals surface area contributed by atoms with Gasteiger partial charge >= 0.3 is 0 Å². The predicted molar refractivity (Wildman–Crippen MR) is 180 cm³/mol. The van der Waals surface area contributed by atoms with Crippen molar-refractivity contribution >= 4 is 46.5 Å². The van der Waals surface area contributed by atoms with Crippen molar-refractivity contribution in [1.29, 1.82) is 0 Å². The quantitative estimate of drug-likeness (QED) is 0.288. The van der Waals surface area contributed by atoms with Crippen LogP contribution in [0.1, 0.15) is 132 Å². The molecule has 1 N–H and O–H groups in total. The first-order valence-electron chi connectivity index (χ1n) is 14.3. The summed E-state index contributed by atoms with van der Waals surface area (Å²) in [5, 5.41) is 4.73. The van der Waals surface area contributed by atoms with Crippen LogP contribution in [-0.2, 0) is 15.0 Å². The molecule has 0 bridgehead atoms. The lowest BCUT2D eigenvalue weighted by molar-refractivity contribution is -0.127. The molecule has 6 heteroatoms. The van der Waals surface area contributed by atoms with E-state index in [4.69, 9.17) is 34.8 Å². The molecular formula is C34H56Cl3NO2. The van der Waals surface area contributed by atoms with Crippen molar-refractivity contribution < 1.29 is 9.59 Å². The average molecular weight is 617 g/mol. The monoisotopic (exact) mass is 615 g/mol. The maximum absolute atomic E-state index is 13.1. The van der Waals surface area contributed by atoms with Gasteiger partial charge in [-0.2, -0.15) is 0 Å². The zero-order chi connectivity index (χ0) is 30.6. The number of amides is 1. The lowest BCUT2D eigenvalue weighted by Gasteiger charge is -2.30. The second-order valence-electron chi connectivity index (χ2n) is 10.0. The number of hydrogen-bond donors (Lipinski definition) is 1. The minimum absolute atomic E-state index is 0. The van der Waals surface area contributed by atoms with E-state index in [1.165, 1.54) is 39.5 Å². The molecular weight excluding hydrogens is 561 g/mol. The molecule has 0 heterocycles. The van der Waals surface area contributed by atoms with Crippen molar-refractivity contribution in [2.24, 2.45) is 5.92 Å². The summed E-state index contributed by atoms with van der Waals surface area (Å²) in [4.78, 5) is 22.5. The molecule has 2 unspecified atom stereocenters. The fourth-order valence-electron chi connectivity index (χ4n) is 4.05. The molecule has 0 radical (unpaired) electrons. The number of rotatable bonds is 10. The minimum atomic E-state index is -0.677. The maximum Gasteiger partial charge on any atom is 0.230 e. The number of ketones is 1. The number of halogens is 3. The van der Waals surface area contributed by atoms with Crippen LogP contribution < -0.4 is 5.32 Å². The van der Waals surface area contributed by atoms with Gasteiger partial charge in [0.15, 0.2) is 0 Å². The Bertz CT molecular complexity index is 937. The molecule has 0 aliphatic carbocycles. The molecule has 2 rings (SSSR count). The third-order valence-corrected chi connectivity index (χ3v) is 7.08. The Labute approximate surface area is 261 Å². The Morgan fingerprint density at radius 3 is 1.70 bits per heavy atom. The first-order valence-corrected chi connectivity index (χ1v) is 15.4. The van der Waals surface area contributed by atoms with Crippen molar-refractivity contribution in [3.8, 4) is 0 Å². The molecule has 0 aliphatic heterocycles. The van der Waals surface area contributed by atoms with Crippen molar-refractivity contribution in [2.75, 3.05) is 0 Å². The summed E-state index contributed by atoms with van der Waals surface area (Å²) in [5.41, 5.74) is 1.19. The number of nitrogens with one attached hydrogen (secondary N) is 1. The Hall–Kier alpha value is -1.55. The van der Waals surface area contributed by atoms with Gasteiger partial charge in [-0.25, -0.2) is 0 Å². The summed E-state index contributed by atoms with van der Waals surface area (Å²) >= 11 is 18.1. The molecule has 0 aliphatic rings. The van der Waals surface area contributed by atoms with Crippen LogP contribution >= 0.6 is 34.8 Å². The van der Waals surface area contributed by atoms with Gasteiger partial charge in [0.1, 0.15) is 5.78 Å². The minimum Gasteiger partial charge on any atom is -0.349 e. The van der Waals surface area contributed by atoms with Gasteiger partial charge in [0.25, 0.3) is 0 Å². The first-order chi connectivity index (χ1) is 18.3. The highest BCUT2D eigenvalue weighted by Crippen LogP contribution is 2.34. The van der Waals surface area contributed by atoms with E-state index in [2.05, 4.69) is 33.0 Å². The highest BCUT2D eigenvalue weighted by atomic mass is 35.5. The highest BCUT2D eigenvalue weighted by molar-refractivity contribution is 6.42. The number of Topliss-reactive ketones (excluding diaryl/α,β-unsaturated/α-hetero) is 1. The first kappa shape index (κ1) is 42.9. The summed E-state index contributed by atoms with van der Waals surface area (Å²) in [7, 11) is 0. The fourth-order valence-corrected chi connectivity index (χ4v) is 4.47. The van der Waals surface area contributed by atoms with E-state index in [9.17, 15) is 9.59 Å². The Balaban J connectivity index is -0.000000763. The predicted octanol–water partition coefficient (Wildman–Crippen LogP) is 12.1. The van der Waals surface area contributed by atoms with Crippen LogP contribution in [0.4, 0.5) is 0 Å². The van der Waals surface area contributed by atoms with Gasteiger partial charge in [0.05, 0.1) is 21.5 Å². The second-order valence-corrected chi connectivity index (χ2v) is 11.3. The SMILES string of the molecule is C.CC.CC(C)=O.CCCC(C)(C(=O)NC(C)c1ccc(Cl)cc1)c1ccc(Cl)c(Cl)c1.CCCC(C)CCC. The van der Waals surface area contributed by atoms with Gasteiger partial charge in [-0.3, -0.25) is 4.79 Å². The van der Waals surface area contributed by atoms with E-state index in [0.29, 0.717) is 21.5 Å². The van der Waals surface area contributed by atoms with Crippen LogP contribution in [0.2, 0.25) is 15.1 Å². The number of hydrogen-bond acceptors (Lipinski definition) is 2. The van der Waals surface area contributed by atoms with Gasteiger partial charge in [-0.15, -0.1) is 0 Å². The topological polar surface area (TPSA) is 46.2 Å². The summed E-state index contributed by atoms with van der Waals surface area (Å²) in [6, 6.07) is 12.8. The lowest BCUT2D eigenvalue weighted by Crippen LogP contribution is -2.43. The molecule has 2 atom stereocenters. The smallest absolute Gasteiger partial charge is 0.230 e. The molecule has 0 saturated carbocycles. The zero-order valence-electron chi connectivity index (χ0n) is 25.9. The van der Waals surface area contributed by atoms with Gasteiger partial charge in [-0.05, 0) is 75.4 Å². The maximum atomic E-state index is 13.1. The van der Waals surface area contributed by atoms with Crippen LogP contribution in [0.3, 0.4) is 0 Å². The molecule has 3 nitrogen and oxygen atoms in total. The van der Waals surface area contributed by atoms with Crippen LogP contribution in [0.25, 0.3) is 0 Å². The van der Waals surface area contributed by atoms with Crippen LogP contribution in [0, 0.1) is 5.92 Å². The summed E-state index contributed by atoms with van der Waals surface area (Å²) < 4.78 is 0. The van der Waals surface area contributed by atoms with E-state index in [1.54, 1.807) is 12.1 Å². The van der Waals surface area contributed by atoms with Gasteiger partial charge in [0, 0.05) is 5.02 Å². The number of benzene rings is 2. The van der Waals surface area contributed by atoms with E-state index in [-0.39, 0.29) is 25.2 Å². The van der Waals surface area contributed by atoms with Gasteiger partial charge in [-0.1, -0.05) is 134 Å². The lowest BCUT2D eigenvalue weighted by atomic mass is 9.77. The van der Waals surface area contributed by atoms with Crippen LogP contribution in [0.5, 0.6) is 0 Å². The Morgan fingerprint density at radius 2 is 1.30 bits per heavy atom. The molecule has 0 spiro atoms. The Kier molecular flexibility index (Phi) is 25.8. The fraction of sp³-hybridized carbons (Fsp3) is 0.588. The standard InChI is InChI=1S/C20H22Cl3NO.C8H18.C3H6O.C2H6.CH4/c1-4-11-20(3,15-7-10-17(22)18(23)12-15)19(25)24-13(2)14-5-8-16(21)9-6-14;1-4-6-8(3)7-5-2;1-3(2)4;1-2;/h5-10,12-13H,4,11H2,1-3H3,(H,24,25);8H,4-7H2,1-3H3;1-2H3;1-2H3;1H4.